The van der Waals surface area contributed by atoms with E-state index in [-0.39, 0.29) is 17.9 Å². The molecule has 2 aromatic rings. The summed E-state index contributed by atoms with van der Waals surface area (Å²) >= 11 is 0. The normalized spacial score (nSPS) is 11.9. The summed E-state index contributed by atoms with van der Waals surface area (Å²) in [5.74, 6) is -0.799. The molecule has 0 heterocycles. The first-order valence-corrected chi connectivity index (χ1v) is 6.83. The van der Waals surface area contributed by atoms with E-state index in [2.05, 4.69) is 17.4 Å². The Morgan fingerprint density at radius 1 is 1.08 bits per heavy atom. The second-order valence-electron chi connectivity index (χ2n) is 4.76. The molecule has 25 heavy (non-hydrogen) atoms. The van der Waals surface area contributed by atoms with Crippen molar-refractivity contribution in [1.29, 1.82) is 0 Å². The lowest BCUT2D eigenvalue weighted by molar-refractivity contribution is -0.274. The molecule has 0 saturated heterocycles. The van der Waals surface area contributed by atoms with E-state index < -0.39 is 29.4 Å². The first-order chi connectivity index (χ1) is 11.6. The van der Waals surface area contributed by atoms with Crippen molar-refractivity contribution < 1.29 is 35.8 Å². The van der Waals surface area contributed by atoms with Gasteiger partial charge in [-0.25, -0.2) is 0 Å². The van der Waals surface area contributed by atoms with Crippen LogP contribution in [0.5, 0.6) is 11.5 Å². The second-order valence-corrected chi connectivity index (χ2v) is 4.76. The summed E-state index contributed by atoms with van der Waals surface area (Å²) in [6.07, 6.45) is -8.41. The molecule has 0 bridgehead atoms. The fourth-order valence-corrected chi connectivity index (χ4v) is 2.11. The number of benzene rings is 2. The van der Waals surface area contributed by atoms with Gasteiger partial charge in [-0.2, -0.15) is 13.2 Å². The van der Waals surface area contributed by atoms with Crippen LogP contribution in [0, 0.1) is 6.07 Å². The maximum atomic E-state index is 13.3. The minimum atomic E-state index is -4.96. The highest BCUT2D eigenvalue weighted by molar-refractivity contribution is 5.75. The maximum absolute atomic E-state index is 13.3. The zero-order valence-corrected chi connectivity index (χ0v) is 12.5. The van der Waals surface area contributed by atoms with Crippen LogP contribution in [0.4, 0.5) is 26.3 Å². The Morgan fingerprint density at radius 2 is 1.80 bits per heavy atom. The summed E-state index contributed by atoms with van der Waals surface area (Å²) in [7, 11) is 0. The highest BCUT2D eigenvalue weighted by Crippen LogP contribution is 2.42. The molecule has 0 saturated carbocycles. The SMILES string of the molecule is C=CCOc1cc[c]c(C(F)(F)F)c1-c1cccc(OC(F)(F)F)c1. The average Bonchev–Trinajstić information content (AvgIpc) is 2.50. The Balaban J connectivity index is 2.59. The van der Waals surface area contributed by atoms with E-state index in [0.717, 1.165) is 24.3 Å². The molecule has 0 aliphatic heterocycles. The average molecular weight is 361 g/mol. The topological polar surface area (TPSA) is 18.5 Å². The van der Waals surface area contributed by atoms with Gasteiger partial charge in [0.1, 0.15) is 18.1 Å². The lowest BCUT2D eigenvalue weighted by Crippen LogP contribution is -2.17. The van der Waals surface area contributed by atoms with Gasteiger partial charge in [0, 0.05) is 5.56 Å². The third-order valence-electron chi connectivity index (χ3n) is 2.96. The number of hydrogen-bond acceptors (Lipinski definition) is 2. The fraction of sp³-hybridized carbons (Fsp3) is 0.176. The zero-order valence-electron chi connectivity index (χ0n) is 12.5. The Morgan fingerprint density at radius 3 is 2.40 bits per heavy atom. The summed E-state index contributed by atoms with van der Waals surface area (Å²) in [5.41, 5.74) is -1.73. The maximum Gasteiger partial charge on any atom is 0.573 e. The molecule has 0 spiro atoms. The Hall–Kier alpha value is -2.64. The van der Waals surface area contributed by atoms with Crippen LogP contribution in [0.15, 0.2) is 49.1 Å². The molecule has 2 nitrogen and oxygen atoms in total. The number of hydrogen-bond donors (Lipinski definition) is 0. The number of rotatable bonds is 5. The lowest BCUT2D eigenvalue weighted by Gasteiger charge is -2.18. The molecule has 0 amide bonds. The molecular weight excluding hydrogens is 350 g/mol. The zero-order chi connectivity index (χ0) is 18.7. The van der Waals surface area contributed by atoms with E-state index in [4.69, 9.17) is 4.74 Å². The molecule has 133 valence electrons. The van der Waals surface area contributed by atoms with E-state index in [1.54, 1.807) is 0 Å². The molecule has 0 N–H and O–H groups in total. The second kappa shape index (κ2) is 7.08. The van der Waals surface area contributed by atoms with Crippen LogP contribution in [0.1, 0.15) is 5.56 Å². The van der Waals surface area contributed by atoms with Crippen molar-refractivity contribution >= 4 is 0 Å². The lowest BCUT2D eigenvalue weighted by atomic mass is 9.98. The van der Waals surface area contributed by atoms with Crippen molar-refractivity contribution in [1.82, 2.24) is 0 Å². The third-order valence-corrected chi connectivity index (χ3v) is 2.96. The van der Waals surface area contributed by atoms with Crippen molar-refractivity contribution in [3.8, 4) is 22.6 Å². The minimum absolute atomic E-state index is 0.0763. The predicted octanol–water partition coefficient (Wildman–Crippen LogP) is 5.64. The summed E-state index contributed by atoms with van der Waals surface area (Å²) in [6.45, 7) is 3.33. The summed E-state index contributed by atoms with van der Waals surface area (Å²) in [5, 5.41) is 0. The summed E-state index contributed by atoms with van der Waals surface area (Å²) in [4.78, 5) is 0. The quantitative estimate of drug-likeness (QED) is 0.507. The third kappa shape index (κ3) is 4.91. The molecular formula is C17H11F6O2. The van der Waals surface area contributed by atoms with Crippen LogP contribution in [0.25, 0.3) is 11.1 Å². The van der Waals surface area contributed by atoms with Gasteiger partial charge in [0.05, 0.1) is 5.56 Å². The Bertz CT molecular complexity index is 750. The van der Waals surface area contributed by atoms with E-state index >= 15 is 0 Å². The Labute approximate surface area is 139 Å². The fourth-order valence-electron chi connectivity index (χ4n) is 2.11. The van der Waals surface area contributed by atoms with Crippen LogP contribution in [0.2, 0.25) is 0 Å². The van der Waals surface area contributed by atoms with Gasteiger partial charge < -0.3 is 9.47 Å². The van der Waals surface area contributed by atoms with Crippen LogP contribution in [0.3, 0.4) is 0 Å². The molecule has 0 aromatic heterocycles. The van der Waals surface area contributed by atoms with Crippen molar-refractivity contribution in [2.45, 2.75) is 12.5 Å². The van der Waals surface area contributed by atoms with E-state index in [1.165, 1.54) is 18.2 Å². The van der Waals surface area contributed by atoms with Crippen LogP contribution in [-0.4, -0.2) is 13.0 Å². The van der Waals surface area contributed by atoms with Gasteiger partial charge in [-0.05, 0) is 29.8 Å². The molecule has 8 heteroatoms. The molecule has 0 aliphatic rings. The van der Waals surface area contributed by atoms with Crippen molar-refractivity contribution in [2.24, 2.45) is 0 Å². The predicted molar refractivity (Wildman–Crippen MR) is 78.1 cm³/mol. The highest BCUT2D eigenvalue weighted by Gasteiger charge is 2.36. The standard InChI is InChI=1S/C17H11F6O2/c1-2-9-24-14-8-4-7-13(16(18,19)20)15(14)11-5-3-6-12(10-11)25-17(21,22)23/h2-6,8,10H,1,9H2. The molecule has 1 radical (unpaired) electrons. The smallest absolute Gasteiger partial charge is 0.489 e. The highest BCUT2D eigenvalue weighted by atomic mass is 19.4. The van der Waals surface area contributed by atoms with Gasteiger partial charge in [0.15, 0.2) is 0 Å². The van der Waals surface area contributed by atoms with Gasteiger partial charge in [-0.3, -0.25) is 0 Å². The van der Waals surface area contributed by atoms with Gasteiger partial charge in [0.2, 0.25) is 0 Å². The largest absolute Gasteiger partial charge is 0.573 e. The van der Waals surface area contributed by atoms with Crippen molar-refractivity contribution in [3.63, 3.8) is 0 Å². The molecule has 2 rings (SSSR count). The molecule has 0 unspecified atom stereocenters. The van der Waals surface area contributed by atoms with Crippen LogP contribution >= 0.6 is 0 Å². The van der Waals surface area contributed by atoms with Crippen LogP contribution in [-0.2, 0) is 6.18 Å². The van der Waals surface area contributed by atoms with E-state index in [9.17, 15) is 26.3 Å². The first kappa shape index (κ1) is 18.7. The molecule has 2 aromatic carbocycles. The molecule has 0 aliphatic carbocycles. The Kier molecular flexibility index (Phi) is 5.30. The monoisotopic (exact) mass is 361 g/mol. The summed E-state index contributed by atoms with van der Waals surface area (Å²) in [6, 6.07) is 8.56. The van der Waals surface area contributed by atoms with Crippen molar-refractivity contribution in [2.75, 3.05) is 6.61 Å². The number of ether oxygens (including phenoxy) is 2. The van der Waals surface area contributed by atoms with Gasteiger partial charge >= 0.3 is 12.5 Å². The van der Waals surface area contributed by atoms with Gasteiger partial charge in [-0.15, -0.1) is 13.2 Å². The number of halogens is 6. The first-order valence-electron chi connectivity index (χ1n) is 6.83. The van der Waals surface area contributed by atoms with Crippen LogP contribution < -0.4 is 9.47 Å². The van der Waals surface area contributed by atoms with E-state index in [1.807, 2.05) is 0 Å². The minimum Gasteiger partial charge on any atom is -0.489 e. The molecule has 0 atom stereocenters. The summed E-state index contributed by atoms with van der Waals surface area (Å²) < 4.78 is 85.9. The number of alkyl halides is 6. The molecule has 0 fully saturated rings. The van der Waals surface area contributed by atoms with Gasteiger partial charge in [0.25, 0.3) is 0 Å². The van der Waals surface area contributed by atoms with Crippen molar-refractivity contribution in [3.05, 3.63) is 60.7 Å². The van der Waals surface area contributed by atoms with Gasteiger partial charge in [-0.1, -0.05) is 30.9 Å². The van der Waals surface area contributed by atoms with E-state index in [0.29, 0.717) is 0 Å².